The molecule has 0 fully saturated rings. The lowest BCUT2D eigenvalue weighted by atomic mass is 10.1. The molecule has 1 amide bonds. The van der Waals surface area contributed by atoms with Crippen molar-refractivity contribution in [2.45, 2.75) is 4.90 Å². The molecule has 0 aliphatic rings. The van der Waals surface area contributed by atoms with Crippen molar-refractivity contribution in [1.29, 1.82) is 0 Å². The molecule has 0 bridgehead atoms. The van der Waals surface area contributed by atoms with Crippen LogP contribution in [0.3, 0.4) is 0 Å². The van der Waals surface area contributed by atoms with Crippen LogP contribution < -0.4 is 20.1 Å². The van der Waals surface area contributed by atoms with E-state index in [2.05, 4.69) is 20.0 Å². The van der Waals surface area contributed by atoms with E-state index in [1.54, 1.807) is 48.5 Å². The van der Waals surface area contributed by atoms with Gasteiger partial charge in [0.2, 0.25) is 0 Å². The molecule has 34 heavy (non-hydrogen) atoms. The molecule has 0 radical (unpaired) electrons. The quantitative estimate of drug-likeness (QED) is 0.415. The lowest BCUT2D eigenvalue weighted by molar-refractivity contribution is 0.102. The number of carbonyl (C=O) groups excluding carboxylic acids is 1. The van der Waals surface area contributed by atoms with E-state index in [9.17, 15) is 18.0 Å². The summed E-state index contributed by atoms with van der Waals surface area (Å²) in [4.78, 5) is 26.3. The zero-order valence-corrected chi connectivity index (χ0v) is 19.0. The molecule has 4 aromatic rings. The summed E-state index contributed by atoms with van der Waals surface area (Å²) in [6.07, 6.45) is 0. The molecule has 0 aliphatic heterocycles. The van der Waals surface area contributed by atoms with Crippen molar-refractivity contribution in [1.82, 2.24) is 10.1 Å². The van der Waals surface area contributed by atoms with E-state index < -0.39 is 21.7 Å². The van der Waals surface area contributed by atoms with Crippen LogP contribution in [0.5, 0.6) is 5.75 Å². The molecule has 174 valence electrons. The third kappa shape index (κ3) is 4.55. The van der Waals surface area contributed by atoms with Gasteiger partial charge in [0.25, 0.3) is 15.9 Å². The summed E-state index contributed by atoms with van der Waals surface area (Å²) in [5.41, 5.74) is 1.66. The maximum atomic E-state index is 13.1. The van der Waals surface area contributed by atoms with Gasteiger partial charge in [0, 0.05) is 23.9 Å². The van der Waals surface area contributed by atoms with Crippen LogP contribution in [0, 0.1) is 0 Å². The summed E-state index contributed by atoms with van der Waals surface area (Å²) in [6.45, 7) is 0. The van der Waals surface area contributed by atoms with Crippen molar-refractivity contribution in [2.24, 2.45) is 0 Å². The highest BCUT2D eigenvalue weighted by atomic mass is 32.2. The van der Waals surface area contributed by atoms with Crippen LogP contribution in [0.15, 0.2) is 87.0 Å². The van der Waals surface area contributed by atoms with Crippen molar-refractivity contribution < 1.29 is 22.5 Å². The topological polar surface area (TPSA) is 135 Å². The van der Waals surface area contributed by atoms with Gasteiger partial charge in [0.1, 0.15) is 5.75 Å². The number of hydrogen-bond donors (Lipinski definition) is 2. The standard InChI is InChI=1S/C23H20N4O6S/c1-27(19-8-3-4-9-20(19)32-2)34(30,31)18-12-10-15(11-13-18)22(28)24-17-7-5-6-16(14-17)21-25-23(29)33-26-21/h3-14H,1-2H3,(H,24,28)(H,25,26,29). The third-order valence-corrected chi connectivity index (χ3v) is 6.82. The van der Waals surface area contributed by atoms with Crippen molar-refractivity contribution in [3.63, 3.8) is 0 Å². The number of ether oxygens (including phenoxy) is 1. The molecule has 1 aromatic heterocycles. The molecule has 0 spiro atoms. The lowest BCUT2D eigenvalue weighted by Gasteiger charge is -2.21. The average molecular weight is 481 g/mol. The maximum Gasteiger partial charge on any atom is 0.439 e. The fraction of sp³-hybridized carbons (Fsp3) is 0.0870. The molecule has 0 aliphatic carbocycles. The first-order valence-corrected chi connectivity index (χ1v) is 11.4. The van der Waals surface area contributed by atoms with Crippen LogP contribution in [0.2, 0.25) is 0 Å². The Balaban J connectivity index is 1.52. The highest BCUT2D eigenvalue weighted by molar-refractivity contribution is 7.92. The summed E-state index contributed by atoms with van der Waals surface area (Å²) in [7, 11) is -0.984. The number of aromatic amines is 1. The summed E-state index contributed by atoms with van der Waals surface area (Å²) in [5.74, 6) is -0.472. The number of nitrogens with one attached hydrogen (secondary N) is 2. The van der Waals surface area contributed by atoms with Crippen molar-refractivity contribution in [2.75, 3.05) is 23.8 Å². The average Bonchev–Trinajstić information content (AvgIpc) is 3.30. The number of carbonyl (C=O) groups is 1. The van der Waals surface area contributed by atoms with Gasteiger partial charge in [-0.25, -0.2) is 13.2 Å². The van der Waals surface area contributed by atoms with E-state index in [4.69, 9.17) is 4.74 Å². The zero-order chi connectivity index (χ0) is 24.3. The van der Waals surface area contributed by atoms with Gasteiger partial charge in [0.05, 0.1) is 17.7 Å². The number of hydrogen-bond acceptors (Lipinski definition) is 7. The molecule has 0 atom stereocenters. The predicted octanol–water partition coefficient (Wildman–Crippen LogP) is 3.12. The molecule has 1 heterocycles. The number of rotatable bonds is 7. The number of nitrogens with zero attached hydrogens (tertiary/aromatic N) is 2. The van der Waals surface area contributed by atoms with Gasteiger partial charge in [-0.2, -0.15) is 0 Å². The minimum absolute atomic E-state index is 0.0226. The second-order valence-corrected chi connectivity index (χ2v) is 9.12. The zero-order valence-electron chi connectivity index (χ0n) is 18.2. The molecule has 10 nitrogen and oxygen atoms in total. The van der Waals surface area contributed by atoms with Gasteiger partial charge in [-0.05, 0) is 48.5 Å². The first kappa shape index (κ1) is 22.8. The van der Waals surface area contributed by atoms with Gasteiger partial charge >= 0.3 is 5.76 Å². The van der Waals surface area contributed by atoms with Crippen LogP contribution in [-0.4, -0.2) is 38.6 Å². The molecule has 3 aromatic carbocycles. The monoisotopic (exact) mass is 480 g/mol. The second-order valence-electron chi connectivity index (χ2n) is 7.15. The van der Waals surface area contributed by atoms with Gasteiger partial charge in [-0.15, -0.1) is 0 Å². The minimum Gasteiger partial charge on any atom is -0.495 e. The van der Waals surface area contributed by atoms with E-state index in [1.165, 1.54) is 38.4 Å². The first-order chi connectivity index (χ1) is 16.3. The highest BCUT2D eigenvalue weighted by Crippen LogP contribution is 2.31. The van der Waals surface area contributed by atoms with E-state index in [-0.39, 0.29) is 16.3 Å². The second kappa shape index (κ2) is 9.24. The normalized spacial score (nSPS) is 11.1. The largest absolute Gasteiger partial charge is 0.495 e. The van der Waals surface area contributed by atoms with Crippen LogP contribution in [0.4, 0.5) is 11.4 Å². The molecule has 0 unspecified atom stereocenters. The van der Waals surface area contributed by atoms with Gasteiger partial charge in [0.15, 0.2) is 5.82 Å². The number of aromatic nitrogens is 2. The van der Waals surface area contributed by atoms with Gasteiger partial charge < -0.3 is 10.1 Å². The van der Waals surface area contributed by atoms with E-state index in [0.29, 0.717) is 22.7 Å². The maximum absolute atomic E-state index is 13.1. The van der Waals surface area contributed by atoms with E-state index >= 15 is 0 Å². The number of methoxy groups -OCH3 is 1. The molecule has 0 saturated carbocycles. The van der Waals surface area contributed by atoms with Gasteiger partial charge in [-0.3, -0.25) is 18.6 Å². The Hall–Kier alpha value is -4.38. The van der Waals surface area contributed by atoms with Crippen LogP contribution in [0.25, 0.3) is 11.4 Å². The first-order valence-electron chi connectivity index (χ1n) is 9.99. The predicted molar refractivity (Wildman–Crippen MR) is 126 cm³/mol. The summed E-state index contributed by atoms with van der Waals surface area (Å²) in [5, 5.41) is 6.35. The van der Waals surface area contributed by atoms with Crippen molar-refractivity contribution in [3.05, 3.63) is 88.9 Å². The van der Waals surface area contributed by atoms with Crippen LogP contribution in [-0.2, 0) is 10.0 Å². The fourth-order valence-corrected chi connectivity index (χ4v) is 4.46. The Bertz CT molecular complexity index is 1490. The highest BCUT2D eigenvalue weighted by Gasteiger charge is 2.24. The van der Waals surface area contributed by atoms with E-state index in [1.807, 2.05) is 0 Å². The number of H-pyrrole nitrogens is 1. The number of anilines is 2. The minimum atomic E-state index is -3.88. The summed E-state index contributed by atoms with van der Waals surface area (Å²) < 4.78 is 37.0. The van der Waals surface area contributed by atoms with Crippen molar-refractivity contribution >= 4 is 27.3 Å². The SMILES string of the molecule is COc1ccccc1N(C)S(=O)(=O)c1ccc(C(=O)Nc2cccc(-c3noc(=O)[nH]3)c2)cc1. The van der Waals surface area contributed by atoms with Gasteiger partial charge in [-0.1, -0.05) is 29.4 Å². The molecule has 4 rings (SSSR count). The third-order valence-electron chi connectivity index (χ3n) is 5.03. The molecule has 2 N–H and O–H groups in total. The van der Waals surface area contributed by atoms with E-state index in [0.717, 1.165) is 4.31 Å². The number of benzene rings is 3. The summed E-state index contributed by atoms with van der Waals surface area (Å²) in [6, 6.07) is 19.0. The lowest BCUT2D eigenvalue weighted by Crippen LogP contribution is -2.27. The fourth-order valence-electron chi connectivity index (χ4n) is 3.26. The molecule has 11 heteroatoms. The Morgan fingerprint density at radius 2 is 1.79 bits per heavy atom. The smallest absolute Gasteiger partial charge is 0.439 e. The Morgan fingerprint density at radius 1 is 1.06 bits per heavy atom. The Kier molecular flexibility index (Phi) is 6.19. The van der Waals surface area contributed by atoms with Crippen LogP contribution >= 0.6 is 0 Å². The molecule has 0 saturated heterocycles. The molecular weight excluding hydrogens is 460 g/mol. The number of amides is 1. The molecular formula is C23H20N4O6S. The Morgan fingerprint density at radius 3 is 2.47 bits per heavy atom. The number of sulfonamides is 1. The Labute approximate surface area is 194 Å². The summed E-state index contributed by atoms with van der Waals surface area (Å²) >= 11 is 0. The van der Waals surface area contributed by atoms with Crippen molar-refractivity contribution in [3.8, 4) is 17.1 Å². The van der Waals surface area contributed by atoms with Crippen LogP contribution in [0.1, 0.15) is 10.4 Å². The number of para-hydroxylation sites is 2.